The first kappa shape index (κ1) is 11.0. The maximum atomic E-state index is 11.5. The molecule has 0 amide bonds. The molecule has 0 aliphatic carbocycles. The monoisotopic (exact) mass is 237 g/mol. The summed E-state index contributed by atoms with van der Waals surface area (Å²) in [4.78, 5) is 23.8. The van der Waals surface area contributed by atoms with E-state index in [0.29, 0.717) is 10.9 Å². The Bertz CT molecular complexity index is 642. The molecule has 1 aromatic heterocycles. The van der Waals surface area contributed by atoms with Crippen LogP contribution in [0.25, 0.3) is 10.9 Å². The highest BCUT2D eigenvalue weighted by molar-refractivity contribution is 7.99. The number of benzene rings is 1. The SMILES string of the molecule is CCSc1ccc2c(c1)c(=O)oc(=O)n2C. The quantitative estimate of drug-likeness (QED) is 0.744. The van der Waals surface area contributed by atoms with E-state index in [1.807, 2.05) is 13.0 Å². The molecule has 16 heavy (non-hydrogen) atoms. The van der Waals surface area contributed by atoms with E-state index in [1.165, 1.54) is 4.57 Å². The van der Waals surface area contributed by atoms with Crippen LogP contribution in [0.5, 0.6) is 0 Å². The van der Waals surface area contributed by atoms with Gasteiger partial charge in [0.1, 0.15) is 0 Å². The van der Waals surface area contributed by atoms with Gasteiger partial charge in [0, 0.05) is 11.9 Å². The molecule has 4 nitrogen and oxygen atoms in total. The minimum Gasteiger partial charge on any atom is -0.372 e. The summed E-state index contributed by atoms with van der Waals surface area (Å²) in [6, 6.07) is 5.43. The average molecular weight is 237 g/mol. The number of hydrogen-bond acceptors (Lipinski definition) is 4. The van der Waals surface area contributed by atoms with Crippen molar-refractivity contribution in [3.8, 4) is 0 Å². The summed E-state index contributed by atoms with van der Waals surface area (Å²) >= 11 is 1.64. The third kappa shape index (κ3) is 1.78. The molecule has 1 aromatic carbocycles. The molecule has 1 heterocycles. The van der Waals surface area contributed by atoms with Crippen LogP contribution in [0.1, 0.15) is 6.92 Å². The summed E-state index contributed by atoms with van der Waals surface area (Å²) in [5.41, 5.74) is 0.0263. The van der Waals surface area contributed by atoms with E-state index in [-0.39, 0.29) is 0 Å². The molecule has 0 atom stereocenters. The highest BCUT2D eigenvalue weighted by Crippen LogP contribution is 2.20. The number of fused-ring (bicyclic) bond motifs is 1. The van der Waals surface area contributed by atoms with Crippen molar-refractivity contribution in [2.45, 2.75) is 11.8 Å². The van der Waals surface area contributed by atoms with Crippen LogP contribution in [0, 0.1) is 0 Å². The summed E-state index contributed by atoms with van der Waals surface area (Å²) < 4.78 is 5.93. The molecule has 0 saturated heterocycles. The molecule has 5 heteroatoms. The zero-order valence-electron chi connectivity index (χ0n) is 9.02. The minimum absolute atomic E-state index is 0.445. The highest BCUT2D eigenvalue weighted by atomic mass is 32.2. The second-order valence-electron chi connectivity index (χ2n) is 3.33. The van der Waals surface area contributed by atoms with Crippen molar-refractivity contribution < 1.29 is 4.42 Å². The lowest BCUT2D eigenvalue weighted by atomic mass is 10.2. The average Bonchev–Trinajstić information content (AvgIpc) is 2.27. The Balaban J connectivity index is 2.80. The van der Waals surface area contributed by atoms with Crippen LogP contribution in [0.4, 0.5) is 0 Å². The fraction of sp³-hybridized carbons (Fsp3) is 0.273. The molecule has 0 bridgehead atoms. The molecule has 0 saturated carbocycles. The first-order valence-electron chi connectivity index (χ1n) is 4.90. The van der Waals surface area contributed by atoms with Gasteiger partial charge in [0.25, 0.3) is 0 Å². The summed E-state index contributed by atoms with van der Waals surface area (Å²) in [6.45, 7) is 2.04. The van der Waals surface area contributed by atoms with Crippen LogP contribution in [0.15, 0.2) is 37.1 Å². The van der Waals surface area contributed by atoms with E-state index in [2.05, 4.69) is 4.42 Å². The maximum absolute atomic E-state index is 11.5. The Hall–Kier alpha value is -1.49. The van der Waals surface area contributed by atoms with Gasteiger partial charge in [-0.05, 0) is 24.0 Å². The summed E-state index contributed by atoms with van der Waals surface area (Å²) in [5, 5.41) is 0.445. The van der Waals surface area contributed by atoms with Crippen molar-refractivity contribution >= 4 is 22.7 Å². The van der Waals surface area contributed by atoms with Gasteiger partial charge in [-0.1, -0.05) is 6.92 Å². The lowest BCUT2D eigenvalue weighted by molar-refractivity contribution is 0.432. The molecule has 84 valence electrons. The first-order chi connectivity index (χ1) is 7.63. The standard InChI is InChI=1S/C11H11NO3S/c1-3-16-7-4-5-9-8(6-7)10(13)15-11(14)12(9)2/h4-6H,3H2,1-2H3. The number of hydrogen-bond donors (Lipinski definition) is 0. The van der Waals surface area contributed by atoms with Crippen molar-refractivity contribution in [1.29, 1.82) is 0 Å². The predicted octanol–water partition coefficient (Wildman–Crippen LogP) is 1.60. The Morgan fingerprint density at radius 1 is 1.38 bits per heavy atom. The first-order valence-corrected chi connectivity index (χ1v) is 5.88. The molecule has 0 radical (unpaired) electrons. The van der Waals surface area contributed by atoms with Crippen LogP contribution in [0.3, 0.4) is 0 Å². The van der Waals surface area contributed by atoms with Gasteiger partial charge >= 0.3 is 11.4 Å². The van der Waals surface area contributed by atoms with Crippen LogP contribution in [-0.4, -0.2) is 10.3 Å². The number of aryl methyl sites for hydroxylation is 1. The Kier molecular flexibility index (Phi) is 2.87. The van der Waals surface area contributed by atoms with Crippen LogP contribution in [0.2, 0.25) is 0 Å². The van der Waals surface area contributed by atoms with Crippen molar-refractivity contribution in [2.75, 3.05) is 5.75 Å². The van der Waals surface area contributed by atoms with Gasteiger partial charge in [0.2, 0.25) is 0 Å². The largest absolute Gasteiger partial charge is 0.422 e. The van der Waals surface area contributed by atoms with Crippen LogP contribution < -0.4 is 11.4 Å². The zero-order chi connectivity index (χ0) is 11.7. The lowest BCUT2D eigenvalue weighted by Crippen LogP contribution is -2.22. The number of aromatic nitrogens is 1. The van der Waals surface area contributed by atoms with Crippen molar-refractivity contribution in [3.05, 3.63) is 39.2 Å². The van der Waals surface area contributed by atoms with Crippen molar-refractivity contribution in [1.82, 2.24) is 4.57 Å². The van der Waals surface area contributed by atoms with Gasteiger partial charge < -0.3 is 4.42 Å². The Morgan fingerprint density at radius 3 is 2.81 bits per heavy atom. The number of nitrogens with zero attached hydrogens (tertiary/aromatic N) is 1. The van der Waals surface area contributed by atoms with Crippen LogP contribution in [-0.2, 0) is 7.05 Å². The Labute approximate surface area is 95.9 Å². The molecular weight excluding hydrogens is 226 g/mol. The molecule has 0 aliphatic rings. The van der Waals surface area contributed by atoms with E-state index in [1.54, 1.807) is 30.9 Å². The van der Waals surface area contributed by atoms with E-state index in [0.717, 1.165) is 10.6 Å². The molecule has 2 rings (SSSR count). The Morgan fingerprint density at radius 2 is 2.12 bits per heavy atom. The molecule has 2 aromatic rings. The zero-order valence-corrected chi connectivity index (χ0v) is 9.84. The fourth-order valence-corrected chi connectivity index (χ4v) is 2.23. The summed E-state index contributed by atoms with van der Waals surface area (Å²) in [6.07, 6.45) is 0. The van der Waals surface area contributed by atoms with E-state index in [4.69, 9.17) is 0 Å². The highest BCUT2D eigenvalue weighted by Gasteiger charge is 2.07. The maximum Gasteiger partial charge on any atom is 0.422 e. The predicted molar refractivity (Wildman–Crippen MR) is 64.1 cm³/mol. The topological polar surface area (TPSA) is 52.2 Å². The van der Waals surface area contributed by atoms with Crippen LogP contribution >= 0.6 is 11.8 Å². The van der Waals surface area contributed by atoms with Gasteiger partial charge in [-0.25, -0.2) is 9.59 Å². The number of rotatable bonds is 2. The summed E-state index contributed by atoms with van der Waals surface area (Å²) in [5.74, 6) is 0.302. The van der Waals surface area contributed by atoms with E-state index in [9.17, 15) is 9.59 Å². The van der Waals surface area contributed by atoms with Crippen molar-refractivity contribution in [3.63, 3.8) is 0 Å². The fourth-order valence-electron chi connectivity index (χ4n) is 1.53. The van der Waals surface area contributed by atoms with Gasteiger partial charge in [-0.2, -0.15) is 0 Å². The third-order valence-electron chi connectivity index (χ3n) is 2.31. The van der Waals surface area contributed by atoms with Gasteiger partial charge in [0.15, 0.2) is 0 Å². The molecule has 0 N–H and O–H groups in total. The normalized spacial score (nSPS) is 10.9. The molecular formula is C11H11NO3S. The number of thioether (sulfide) groups is 1. The molecule has 0 spiro atoms. The minimum atomic E-state index is -0.631. The van der Waals surface area contributed by atoms with E-state index >= 15 is 0 Å². The molecule has 0 fully saturated rings. The van der Waals surface area contributed by atoms with Gasteiger partial charge in [-0.15, -0.1) is 11.8 Å². The van der Waals surface area contributed by atoms with E-state index < -0.39 is 11.4 Å². The smallest absolute Gasteiger partial charge is 0.372 e. The van der Waals surface area contributed by atoms with Gasteiger partial charge in [0.05, 0.1) is 10.9 Å². The summed E-state index contributed by atoms with van der Waals surface area (Å²) in [7, 11) is 1.58. The van der Waals surface area contributed by atoms with Crippen molar-refractivity contribution in [2.24, 2.45) is 7.05 Å². The second-order valence-corrected chi connectivity index (χ2v) is 4.66. The second kappa shape index (κ2) is 4.17. The molecule has 0 unspecified atom stereocenters. The lowest BCUT2D eigenvalue weighted by Gasteiger charge is -2.04. The molecule has 0 aliphatic heterocycles. The van der Waals surface area contributed by atoms with Gasteiger partial charge in [-0.3, -0.25) is 4.57 Å². The third-order valence-corrected chi connectivity index (χ3v) is 3.19.